The van der Waals surface area contributed by atoms with Crippen molar-refractivity contribution in [3.8, 4) is 16.9 Å². The first-order chi connectivity index (χ1) is 10.5. The first-order valence-electron chi connectivity index (χ1n) is 6.70. The van der Waals surface area contributed by atoms with Crippen LogP contribution in [0.2, 0.25) is 0 Å². The lowest BCUT2D eigenvalue weighted by Crippen LogP contribution is -2.22. The highest BCUT2D eigenvalue weighted by Gasteiger charge is 2.22. The number of carbonyl (C=O) groups is 1. The monoisotopic (exact) mass is 305 g/mol. The molecule has 0 fully saturated rings. The zero-order valence-corrected chi connectivity index (χ0v) is 12.6. The summed E-state index contributed by atoms with van der Waals surface area (Å²) < 4.78 is 24.6. The fraction of sp³-hybridized carbons (Fsp3) is 0.250. The number of hydrogen-bond donors (Lipinski definition) is 0. The van der Waals surface area contributed by atoms with E-state index in [1.54, 1.807) is 6.92 Å². The third-order valence-electron chi connectivity index (χ3n) is 3.16. The summed E-state index contributed by atoms with van der Waals surface area (Å²) in [6, 6.07) is 5.41. The highest BCUT2D eigenvalue weighted by Crippen LogP contribution is 2.30. The molecule has 0 aliphatic rings. The molecule has 5 nitrogen and oxygen atoms in total. The molecule has 0 N–H and O–H groups in total. The minimum absolute atomic E-state index is 0.119. The van der Waals surface area contributed by atoms with Gasteiger partial charge in [-0.25, -0.2) is 9.18 Å². The Balaban J connectivity index is 2.73. The average molecular weight is 305 g/mol. The van der Waals surface area contributed by atoms with Crippen molar-refractivity contribution in [1.29, 1.82) is 0 Å². The van der Waals surface area contributed by atoms with E-state index >= 15 is 0 Å². The van der Waals surface area contributed by atoms with Gasteiger partial charge in [-0.3, -0.25) is 4.79 Å². The van der Waals surface area contributed by atoms with Crippen LogP contribution in [0.5, 0.6) is 5.75 Å². The van der Waals surface area contributed by atoms with Gasteiger partial charge in [-0.05, 0) is 24.6 Å². The minimum atomic E-state index is -0.585. The van der Waals surface area contributed by atoms with Crippen molar-refractivity contribution in [2.75, 3.05) is 13.7 Å². The molecule has 0 aliphatic carbocycles. The molecule has 1 aromatic heterocycles. The highest BCUT2D eigenvalue weighted by molar-refractivity contribution is 5.95. The van der Waals surface area contributed by atoms with E-state index in [9.17, 15) is 14.0 Å². The average Bonchev–Trinajstić information content (AvgIpc) is 2.50. The van der Waals surface area contributed by atoms with Crippen LogP contribution < -0.4 is 10.3 Å². The maximum Gasteiger partial charge on any atom is 0.343 e. The van der Waals surface area contributed by atoms with Gasteiger partial charge in [0.15, 0.2) is 0 Å². The lowest BCUT2D eigenvalue weighted by molar-refractivity contribution is 0.0521. The number of hydrogen-bond acceptors (Lipinski definition) is 4. The van der Waals surface area contributed by atoms with Crippen LogP contribution >= 0.6 is 0 Å². The van der Waals surface area contributed by atoms with E-state index in [1.807, 2.05) is 0 Å². The molecule has 22 heavy (non-hydrogen) atoms. The smallest absolute Gasteiger partial charge is 0.343 e. The number of halogens is 1. The van der Waals surface area contributed by atoms with E-state index in [4.69, 9.17) is 9.47 Å². The van der Waals surface area contributed by atoms with Crippen molar-refractivity contribution in [3.63, 3.8) is 0 Å². The van der Waals surface area contributed by atoms with Gasteiger partial charge < -0.3 is 14.0 Å². The number of esters is 1. The number of aryl methyl sites for hydroxylation is 1. The zero-order chi connectivity index (χ0) is 16.3. The summed E-state index contributed by atoms with van der Waals surface area (Å²) in [5, 5.41) is 0. The molecular formula is C16H16FNO4. The second-order valence-electron chi connectivity index (χ2n) is 4.59. The number of nitrogens with zero attached hydrogens (tertiary/aromatic N) is 1. The van der Waals surface area contributed by atoms with E-state index in [0.717, 1.165) is 0 Å². The number of ether oxygens (including phenoxy) is 2. The number of aromatic nitrogens is 1. The molecule has 1 heterocycles. The highest BCUT2D eigenvalue weighted by atomic mass is 19.1. The number of carbonyl (C=O) groups excluding carboxylic acids is 1. The Hall–Kier alpha value is -2.63. The van der Waals surface area contributed by atoms with Gasteiger partial charge in [-0.15, -0.1) is 0 Å². The molecule has 0 atom stereocenters. The lowest BCUT2D eigenvalue weighted by Gasteiger charge is -2.14. The van der Waals surface area contributed by atoms with E-state index < -0.39 is 11.8 Å². The summed E-state index contributed by atoms with van der Waals surface area (Å²) in [6.07, 6.45) is 1.37. The fourth-order valence-electron chi connectivity index (χ4n) is 2.16. The van der Waals surface area contributed by atoms with Crippen LogP contribution in [0.1, 0.15) is 17.3 Å². The number of pyridine rings is 1. The van der Waals surface area contributed by atoms with Crippen molar-refractivity contribution in [1.82, 2.24) is 4.57 Å². The molecule has 0 bridgehead atoms. The van der Waals surface area contributed by atoms with Gasteiger partial charge in [0.05, 0.1) is 19.3 Å². The number of methoxy groups -OCH3 is 1. The molecule has 2 rings (SSSR count). The Morgan fingerprint density at radius 1 is 1.27 bits per heavy atom. The van der Waals surface area contributed by atoms with Gasteiger partial charge in [0.2, 0.25) is 0 Å². The fourth-order valence-corrected chi connectivity index (χ4v) is 2.16. The van der Waals surface area contributed by atoms with E-state index in [-0.39, 0.29) is 29.0 Å². The summed E-state index contributed by atoms with van der Waals surface area (Å²) >= 11 is 0. The van der Waals surface area contributed by atoms with E-state index in [1.165, 1.54) is 49.2 Å². The molecule has 0 spiro atoms. The van der Waals surface area contributed by atoms with Crippen LogP contribution in [-0.2, 0) is 11.8 Å². The summed E-state index contributed by atoms with van der Waals surface area (Å²) in [4.78, 5) is 24.5. The topological polar surface area (TPSA) is 57.5 Å². The summed E-state index contributed by atoms with van der Waals surface area (Å²) in [5.74, 6) is -0.882. The molecule has 1 aromatic carbocycles. The molecule has 0 radical (unpaired) electrons. The Labute approximate surface area is 126 Å². The molecule has 6 heteroatoms. The summed E-state index contributed by atoms with van der Waals surface area (Å²) in [5.41, 5.74) is 0.447. The SMILES string of the molecule is CCOC(=O)c1cn(C)c(=O)c(-c2ccc(F)cc2)c1OC. The van der Waals surface area contributed by atoms with E-state index in [2.05, 4.69) is 0 Å². The molecular weight excluding hydrogens is 289 g/mol. The quantitative estimate of drug-likeness (QED) is 0.814. The van der Waals surface area contributed by atoms with Crippen molar-refractivity contribution >= 4 is 5.97 Å². The van der Waals surface area contributed by atoms with Crippen molar-refractivity contribution in [2.24, 2.45) is 7.05 Å². The molecule has 0 amide bonds. The Morgan fingerprint density at radius 2 is 1.91 bits per heavy atom. The molecule has 0 saturated carbocycles. The second-order valence-corrected chi connectivity index (χ2v) is 4.59. The molecule has 116 valence electrons. The molecule has 2 aromatic rings. The van der Waals surface area contributed by atoms with Gasteiger partial charge in [0.25, 0.3) is 5.56 Å². The van der Waals surface area contributed by atoms with Crippen LogP contribution in [0.15, 0.2) is 35.3 Å². The van der Waals surface area contributed by atoms with Crippen molar-refractivity contribution in [2.45, 2.75) is 6.92 Å². The largest absolute Gasteiger partial charge is 0.495 e. The zero-order valence-electron chi connectivity index (χ0n) is 12.6. The van der Waals surface area contributed by atoms with Crippen LogP contribution in [0.4, 0.5) is 4.39 Å². The van der Waals surface area contributed by atoms with Gasteiger partial charge in [-0.2, -0.15) is 0 Å². The van der Waals surface area contributed by atoms with Crippen molar-refractivity contribution in [3.05, 3.63) is 52.2 Å². The predicted octanol–water partition coefficient (Wildman–Crippen LogP) is 2.38. The maximum atomic E-state index is 13.1. The normalized spacial score (nSPS) is 10.4. The summed E-state index contributed by atoms with van der Waals surface area (Å²) in [7, 11) is 2.89. The van der Waals surface area contributed by atoms with Crippen LogP contribution in [-0.4, -0.2) is 24.3 Å². The van der Waals surface area contributed by atoms with Gasteiger partial charge in [-0.1, -0.05) is 12.1 Å². The number of benzene rings is 1. The third-order valence-corrected chi connectivity index (χ3v) is 3.16. The Kier molecular flexibility index (Phi) is 4.60. The standard InChI is InChI=1S/C16H16FNO4/c1-4-22-16(20)12-9-18(2)15(19)13(14(12)21-3)10-5-7-11(17)8-6-10/h5-9H,4H2,1-3H3. The minimum Gasteiger partial charge on any atom is -0.495 e. The maximum absolute atomic E-state index is 13.1. The van der Waals surface area contributed by atoms with Crippen LogP contribution in [0.3, 0.4) is 0 Å². The molecule has 0 saturated heterocycles. The van der Waals surface area contributed by atoms with E-state index in [0.29, 0.717) is 5.56 Å². The number of rotatable bonds is 4. The Bertz CT molecular complexity index is 750. The summed E-state index contributed by atoms with van der Waals surface area (Å²) in [6.45, 7) is 1.89. The second kappa shape index (κ2) is 6.43. The lowest BCUT2D eigenvalue weighted by atomic mass is 10.0. The predicted molar refractivity (Wildman–Crippen MR) is 79.6 cm³/mol. The third kappa shape index (κ3) is 2.86. The van der Waals surface area contributed by atoms with Gasteiger partial charge in [0, 0.05) is 13.2 Å². The Morgan fingerprint density at radius 3 is 2.45 bits per heavy atom. The molecule has 0 unspecified atom stereocenters. The first-order valence-corrected chi connectivity index (χ1v) is 6.70. The molecule has 0 aliphatic heterocycles. The van der Waals surface area contributed by atoms with Crippen LogP contribution in [0.25, 0.3) is 11.1 Å². The van der Waals surface area contributed by atoms with Crippen LogP contribution in [0, 0.1) is 5.82 Å². The first kappa shape index (κ1) is 15.8. The van der Waals surface area contributed by atoms with Gasteiger partial charge >= 0.3 is 5.97 Å². The van der Waals surface area contributed by atoms with Gasteiger partial charge in [0.1, 0.15) is 17.1 Å². The van der Waals surface area contributed by atoms with Crippen molar-refractivity contribution < 1.29 is 18.7 Å².